The molecule has 0 bridgehead atoms. The molecule has 0 radical (unpaired) electrons. The van der Waals surface area contributed by atoms with Crippen LogP contribution in [0.2, 0.25) is 0 Å². The number of rotatable bonds is 8. The summed E-state index contributed by atoms with van der Waals surface area (Å²) in [5, 5.41) is 29.8. The first kappa shape index (κ1) is 21.0. The van der Waals surface area contributed by atoms with Crippen LogP contribution >= 0.6 is 0 Å². The van der Waals surface area contributed by atoms with Crippen LogP contribution < -0.4 is 10.6 Å². The molecule has 2 heterocycles. The molecule has 156 valence electrons. The van der Waals surface area contributed by atoms with Gasteiger partial charge in [-0.3, -0.25) is 0 Å². The first-order valence-electron chi connectivity index (χ1n) is 9.67. The van der Waals surface area contributed by atoms with Crippen molar-refractivity contribution in [2.24, 2.45) is 5.41 Å². The second kappa shape index (κ2) is 9.15. The molecule has 2 aromatic rings. The Hall–Kier alpha value is -2.77. The Morgan fingerprint density at radius 1 is 1.38 bits per heavy atom. The Morgan fingerprint density at radius 3 is 2.93 bits per heavy atom. The quantitative estimate of drug-likeness (QED) is 0.600. The fraction of sp³-hybridized carbons (Fsp3) is 0.632. The smallest absolute Gasteiger partial charge is 0.228 e. The number of methoxy groups -OCH3 is 1. The molecule has 0 aliphatic heterocycles. The monoisotopic (exact) mass is 401 g/mol. The van der Waals surface area contributed by atoms with Gasteiger partial charge in [-0.05, 0) is 24.7 Å². The van der Waals surface area contributed by atoms with Crippen LogP contribution in [-0.2, 0) is 17.8 Å². The molecule has 1 aliphatic carbocycles. The van der Waals surface area contributed by atoms with Gasteiger partial charge in [0.15, 0.2) is 5.82 Å². The molecule has 2 aromatic heterocycles. The zero-order valence-corrected chi connectivity index (χ0v) is 17.0. The van der Waals surface area contributed by atoms with Gasteiger partial charge in [-0.1, -0.05) is 19.0 Å². The van der Waals surface area contributed by atoms with Crippen molar-refractivity contribution in [3.8, 4) is 6.07 Å². The molecular weight excluding hydrogens is 374 g/mol. The maximum absolute atomic E-state index is 10.1. The summed E-state index contributed by atoms with van der Waals surface area (Å²) >= 11 is 0. The standard InChI is InChI=1S/C19H27N7O3/c1-19(2)8-13(4-5-14(19)27)23-17-12(9-20)10-22-18(25-17)21-7-6-16-24-15(11-28-3)26-29-16/h10,13-14,27H,4-8,11H2,1-3H3,(H2,21,22,23,25)/t13-,14+/m1/s1. The molecule has 3 rings (SSSR count). The Bertz CT molecular complexity index is 862. The molecule has 29 heavy (non-hydrogen) atoms. The predicted octanol–water partition coefficient (Wildman–Crippen LogP) is 1.88. The third-order valence-electron chi connectivity index (χ3n) is 5.12. The van der Waals surface area contributed by atoms with Crippen molar-refractivity contribution in [2.45, 2.75) is 58.3 Å². The number of nitrogens with zero attached hydrogens (tertiary/aromatic N) is 5. The highest BCUT2D eigenvalue weighted by Gasteiger charge is 2.35. The number of hydrogen-bond acceptors (Lipinski definition) is 10. The van der Waals surface area contributed by atoms with E-state index in [1.807, 2.05) is 0 Å². The fourth-order valence-electron chi connectivity index (χ4n) is 3.46. The lowest BCUT2D eigenvalue weighted by Crippen LogP contribution is -2.41. The van der Waals surface area contributed by atoms with Gasteiger partial charge in [0.25, 0.3) is 0 Å². The molecule has 3 N–H and O–H groups in total. The van der Waals surface area contributed by atoms with Crippen LogP contribution in [0.25, 0.3) is 0 Å². The minimum Gasteiger partial charge on any atom is -0.393 e. The van der Waals surface area contributed by atoms with Gasteiger partial charge in [0.2, 0.25) is 11.8 Å². The number of aromatic nitrogens is 4. The van der Waals surface area contributed by atoms with Gasteiger partial charge in [0, 0.05) is 26.1 Å². The Kier molecular flexibility index (Phi) is 6.61. The lowest BCUT2D eigenvalue weighted by atomic mass is 9.73. The average Bonchev–Trinajstić information content (AvgIpc) is 3.12. The zero-order chi connectivity index (χ0) is 20.9. The number of hydrogen-bond donors (Lipinski definition) is 3. The first-order valence-corrected chi connectivity index (χ1v) is 9.67. The summed E-state index contributed by atoms with van der Waals surface area (Å²) in [5.74, 6) is 1.92. The van der Waals surface area contributed by atoms with Crippen LogP contribution in [0, 0.1) is 16.7 Å². The van der Waals surface area contributed by atoms with Crippen LogP contribution in [0.5, 0.6) is 0 Å². The molecule has 0 unspecified atom stereocenters. The Labute approximate surface area is 169 Å². The lowest BCUT2D eigenvalue weighted by Gasteiger charge is -2.40. The summed E-state index contributed by atoms with van der Waals surface area (Å²) in [6.45, 7) is 4.92. The van der Waals surface area contributed by atoms with E-state index in [4.69, 9.17) is 9.26 Å². The van der Waals surface area contributed by atoms with E-state index in [-0.39, 0.29) is 17.6 Å². The third-order valence-corrected chi connectivity index (χ3v) is 5.12. The molecule has 10 heteroatoms. The van der Waals surface area contributed by atoms with E-state index in [0.717, 1.165) is 19.3 Å². The Morgan fingerprint density at radius 2 is 2.21 bits per heavy atom. The average molecular weight is 401 g/mol. The topological polar surface area (TPSA) is 142 Å². The summed E-state index contributed by atoms with van der Waals surface area (Å²) in [7, 11) is 1.57. The predicted molar refractivity (Wildman–Crippen MR) is 105 cm³/mol. The highest BCUT2D eigenvalue weighted by atomic mass is 16.5. The minimum absolute atomic E-state index is 0.140. The van der Waals surface area contributed by atoms with E-state index < -0.39 is 0 Å². The van der Waals surface area contributed by atoms with E-state index in [2.05, 4.69) is 50.7 Å². The SMILES string of the molecule is COCc1noc(CCNc2ncc(C#N)c(N[C@@H]3CC[C@H](O)C(C)(C)C3)n2)n1. The van der Waals surface area contributed by atoms with Gasteiger partial charge in [-0.2, -0.15) is 15.2 Å². The maximum Gasteiger partial charge on any atom is 0.228 e. The Balaban J connectivity index is 1.60. The largest absolute Gasteiger partial charge is 0.393 e. The van der Waals surface area contributed by atoms with Crippen molar-refractivity contribution in [2.75, 3.05) is 24.3 Å². The van der Waals surface area contributed by atoms with Gasteiger partial charge >= 0.3 is 0 Å². The van der Waals surface area contributed by atoms with E-state index in [9.17, 15) is 10.4 Å². The second-order valence-corrected chi connectivity index (χ2v) is 7.91. The number of nitrogens with one attached hydrogen (secondary N) is 2. The summed E-state index contributed by atoms with van der Waals surface area (Å²) < 4.78 is 10.1. The number of nitriles is 1. The van der Waals surface area contributed by atoms with Crippen LogP contribution in [-0.4, -0.2) is 51.0 Å². The molecule has 0 spiro atoms. The summed E-state index contributed by atoms with van der Waals surface area (Å²) in [5.41, 5.74) is 0.211. The van der Waals surface area contributed by atoms with Crippen molar-refractivity contribution in [3.63, 3.8) is 0 Å². The van der Waals surface area contributed by atoms with Gasteiger partial charge in [0.1, 0.15) is 24.1 Å². The maximum atomic E-state index is 10.1. The van der Waals surface area contributed by atoms with Crippen molar-refractivity contribution in [1.29, 1.82) is 5.26 Å². The fourth-order valence-corrected chi connectivity index (χ4v) is 3.46. The van der Waals surface area contributed by atoms with Crippen LogP contribution in [0.4, 0.5) is 11.8 Å². The van der Waals surface area contributed by atoms with Gasteiger partial charge < -0.3 is 25.0 Å². The van der Waals surface area contributed by atoms with E-state index in [1.54, 1.807) is 7.11 Å². The van der Waals surface area contributed by atoms with E-state index >= 15 is 0 Å². The molecule has 0 amide bonds. The first-order chi connectivity index (χ1) is 13.9. The van der Waals surface area contributed by atoms with Gasteiger partial charge in [0.05, 0.1) is 12.3 Å². The second-order valence-electron chi connectivity index (χ2n) is 7.91. The van der Waals surface area contributed by atoms with E-state index in [0.29, 0.717) is 48.6 Å². The minimum atomic E-state index is -0.312. The molecular formula is C19H27N7O3. The molecule has 1 saturated carbocycles. The van der Waals surface area contributed by atoms with Crippen LogP contribution in [0.15, 0.2) is 10.7 Å². The highest BCUT2D eigenvalue weighted by molar-refractivity contribution is 5.54. The van der Waals surface area contributed by atoms with Gasteiger partial charge in [-0.15, -0.1) is 0 Å². The summed E-state index contributed by atoms with van der Waals surface area (Å²) in [6, 6.07) is 2.27. The molecule has 10 nitrogen and oxygen atoms in total. The molecule has 1 aliphatic rings. The number of aliphatic hydroxyl groups is 1. The van der Waals surface area contributed by atoms with Crippen molar-refractivity contribution < 1.29 is 14.4 Å². The normalized spacial score (nSPS) is 20.8. The number of anilines is 2. The van der Waals surface area contributed by atoms with Crippen molar-refractivity contribution in [1.82, 2.24) is 20.1 Å². The van der Waals surface area contributed by atoms with Crippen LogP contribution in [0.3, 0.4) is 0 Å². The molecule has 1 fully saturated rings. The summed E-state index contributed by atoms with van der Waals surface area (Å²) in [4.78, 5) is 12.9. The zero-order valence-electron chi connectivity index (χ0n) is 17.0. The van der Waals surface area contributed by atoms with E-state index in [1.165, 1.54) is 6.20 Å². The molecule has 0 saturated heterocycles. The van der Waals surface area contributed by atoms with Gasteiger partial charge in [-0.25, -0.2) is 4.98 Å². The molecule has 2 atom stereocenters. The molecule has 0 aromatic carbocycles. The summed E-state index contributed by atoms with van der Waals surface area (Å²) in [6.07, 6.45) is 4.04. The number of ether oxygens (including phenoxy) is 1. The third kappa shape index (κ3) is 5.40. The van der Waals surface area contributed by atoms with Crippen molar-refractivity contribution in [3.05, 3.63) is 23.5 Å². The number of aliphatic hydroxyl groups excluding tert-OH is 1. The van der Waals surface area contributed by atoms with Crippen molar-refractivity contribution >= 4 is 11.8 Å². The highest BCUT2D eigenvalue weighted by Crippen LogP contribution is 2.36. The van der Waals surface area contributed by atoms with Crippen LogP contribution in [0.1, 0.15) is 50.4 Å². The lowest BCUT2D eigenvalue weighted by molar-refractivity contribution is 0.00926.